The average molecular weight is 340 g/mol. The summed E-state index contributed by atoms with van der Waals surface area (Å²) in [4.78, 5) is 26.0. The lowest BCUT2D eigenvalue weighted by Gasteiger charge is -2.40. The molecule has 3 rings (SSSR count). The van der Waals surface area contributed by atoms with Gasteiger partial charge in [0.1, 0.15) is 0 Å². The Kier molecular flexibility index (Phi) is 5.30. The Hall–Kier alpha value is -1.34. The fourth-order valence-corrected chi connectivity index (χ4v) is 4.11. The predicted octanol–water partition coefficient (Wildman–Crippen LogP) is 1.51. The van der Waals surface area contributed by atoms with Crippen LogP contribution in [0.2, 0.25) is 0 Å². The van der Waals surface area contributed by atoms with Crippen molar-refractivity contribution in [3.05, 3.63) is 0 Å². The third kappa shape index (κ3) is 3.67. The van der Waals surface area contributed by atoms with Crippen molar-refractivity contribution in [2.24, 2.45) is 11.8 Å². The zero-order chi connectivity index (χ0) is 17.2. The molecule has 1 aliphatic carbocycles. The molecule has 3 aliphatic rings. The summed E-state index contributed by atoms with van der Waals surface area (Å²) in [7, 11) is 1.41. The van der Waals surface area contributed by atoms with E-state index in [4.69, 9.17) is 14.2 Å². The summed E-state index contributed by atoms with van der Waals surface area (Å²) in [5.41, 5.74) is 0. The molecule has 3 fully saturated rings. The summed E-state index contributed by atoms with van der Waals surface area (Å²) in [6.45, 7) is 4.62. The minimum Gasteiger partial charge on any atom is -0.469 e. The highest BCUT2D eigenvalue weighted by molar-refractivity contribution is 5.76. The molecule has 7 heteroatoms. The van der Waals surface area contributed by atoms with E-state index in [9.17, 15) is 9.59 Å². The second-order valence-corrected chi connectivity index (χ2v) is 7.18. The second-order valence-electron chi connectivity index (χ2n) is 7.18. The second kappa shape index (κ2) is 7.27. The van der Waals surface area contributed by atoms with Crippen molar-refractivity contribution in [2.75, 3.05) is 33.4 Å². The molecule has 1 saturated carbocycles. The summed E-state index contributed by atoms with van der Waals surface area (Å²) in [5, 5.41) is 3.08. The number of likely N-dealkylation sites (tertiary alicyclic amines) is 1. The zero-order valence-corrected chi connectivity index (χ0v) is 14.6. The van der Waals surface area contributed by atoms with Crippen LogP contribution in [0, 0.1) is 11.8 Å². The Morgan fingerprint density at radius 2 is 1.96 bits per heavy atom. The van der Waals surface area contributed by atoms with Crippen LogP contribution < -0.4 is 5.32 Å². The number of esters is 1. The number of carbonyl (C=O) groups excluding carboxylic acids is 2. The summed E-state index contributed by atoms with van der Waals surface area (Å²) >= 11 is 0. The fourth-order valence-electron chi connectivity index (χ4n) is 4.11. The van der Waals surface area contributed by atoms with E-state index in [0.717, 1.165) is 32.2 Å². The standard InChI is InChI=1S/C17H28N2O5/c1-17(23-8-9-24-17)13-4-3-7-19(11-13)16(21)18-14-6-5-12(10-14)15(20)22-2/h12-14H,3-11H2,1-2H3,(H,18,21)/t12-,13-,14+/m0/s1. The Morgan fingerprint density at radius 3 is 2.67 bits per heavy atom. The van der Waals surface area contributed by atoms with Gasteiger partial charge in [-0.1, -0.05) is 0 Å². The highest BCUT2D eigenvalue weighted by Crippen LogP contribution is 2.34. The highest BCUT2D eigenvalue weighted by Gasteiger charge is 2.43. The fraction of sp³-hybridized carbons (Fsp3) is 0.882. The number of hydrogen-bond acceptors (Lipinski definition) is 5. The minimum absolute atomic E-state index is 0.0446. The Bertz CT molecular complexity index is 478. The molecule has 2 aliphatic heterocycles. The molecule has 136 valence electrons. The molecule has 2 saturated heterocycles. The Balaban J connectivity index is 1.51. The zero-order valence-electron chi connectivity index (χ0n) is 14.6. The van der Waals surface area contributed by atoms with Crippen molar-refractivity contribution in [1.29, 1.82) is 0 Å². The molecule has 2 heterocycles. The largest absolute Gasteiger partial charge is 0.469 e. The number of nitrogens with one attached hydrogen (secondary N) is 1. The van der Waals surface area contributed by atoms with Crippen LogP contribution >= 0.6 is 0 Å². The van der Waals surface area contributed by atoms with Crippen LogP contribution in [-0.2, 0) is 19.0 Å². The van der Waals surface area contributed by atoms with Gasteiger partial charge in [-0.15, -0.1) is 0 Å². The van der Waals surface area contributed by atoms with Crippen molar-refractivity contribution in [3.8, 4) is 0 Å². The first kappa shape index (κ1) is 17.5. The molecule has 0 radical (unpaired) electrons. The number of hydrogen-bond donors (Lipinski definition) is 1. The number of ether oxygens (including phenoxy) is 3. The molecule has 7 nitrogen and oxygen atoms in total. The van der Waals surface area contributed by atoms with Crippen LogP contribution in [-0.4, -0.2) is 62.1 Å². The van der Waals surface area contributed by atoms with E-state index in [2.05, 4.69) is 5.32 Å². The van der Waals surface area contributed by atoms with E-state index < -0.39 is 5.79 Å². The van der Waals surface area contributed by atoms with E-state index in [-0.39, 0.29) is 29.9 Å². The van der Waals surface area contributed by atoms with Gasteiger partial charge in [-0.25, -0.2) is 4.79 Å². The number of carbonyl (C=O) groups is 2. The Morgan fingerprint density at radius 1 is 1.21 bits per heavy atom. The number of amides is 2. The normalized spacial score (nSPS) is 32.6. The van der Waals surface area contributed by atoms with Gasteiger partial charge in [0.05, 0.1) is 26.2 Å². The van der Waals surface area contributed by atoms with Crippen LogP contribution in [0.4, 0.5) is 4.79 Å². The quantitative estimate of drug-likeness (QED) is 0.788. The first-order chi connectivity index (χ1) is 11.5. The molecule has 0 aromatic rings. The first-order valence-electron chi connectivity index (χ1n) is 8.93. The highest BCUT2D eigenvalue weighted by atomic mass is 16.7. The maximum absolute atomic E-state index is 12.6. The van der Waals surface area contributed by atoms with Gasteiger partial charge in [0.2, 0.25) is 0 Å². The lowest BCUT2D eigenvalue weighted by atomic mass is 9.90. The molecule has 1 N–H and O–H groups in total. The van der Waals surface area contributed by atoms with E-state index in [1.165, 1.54) is 7.11 Å². The maximum atomic E-state index is 12.6. The topological polar surface area (TPSA) is 77.1 Å². The number of nitrogens with zero attached hydrogens (tertiary/aromatic N) is 1. The molecule has 0 aromatic carbocycles. The van der Waals surface area contributed by atoms with Crippen molar-refractivity contribution < 1.29 is 23.8 Å². The van der Waals surface area contributed by atoms with Gasteiger partial charge in [0.15, 0.2) is 5.79 Å². The molecule has 0 bridgehead atoms. The third-order valence-electron chi connectivity index (χ3n) is 5.61. The van der Waals surface area contributed by atoms with Crippen LogP contribution in [0.3, 0.4) is 0 Å². The number of rotatable bonds is 3. The first-order valence-corrected chi connectivity index (χ1v) is 8.93. The van der Waals surface area contributed by atoms with Gasteiger partial charge in [-0.05, 0) is 39.0 Å². The molecular formula is C17H28N2O5. The number of urea groups is 1. The van der Waals surface area contributed by atoms with Gasteiger partial charge in [0, 0.05) is 25.0 Å². The summed E-state index contributed by atoms with van der Waals surface area (Å²) < 4.78 is 16.3. The van der Waals surface area contributed by atoms with Crippen molar-refractivity contribution in [1.82, 2.24) is 10.2 Å². The van der Waals surface area contributed by atoms with Crippen LogP contribution in [0.5, 0.6) is 0 Å². The van der Waals surface area contributed by atoms with E-state index in [0.29, 0.717) is 26.2 Å². The predicted molar refractivity (Wildman–Crippen MR) is 86.3 cm³/mol. The monoisotopic (exact) mass is 340 g/mol. The third-order valence-corrected chi connectivity index (χ3v) is 5.61. The molecule has 0 aromatic heterocycles. The molecule has 0 unspecified atom stereocenters. The lowest BCUT2D eigenvalue weighted by Crippen LogP contribution is -2.52. The van der Waals surface area contributed by atoms with Crippen molar-refractivity contribution >= 4 is 12.0 Å². The van der Waals surface area contributed by atoms with E-state index >= 15 is 0 Å². The summed E-state index contributed by atoms with van der Waals surface area (Å²) in [5.74, 6) is -0.629. The Labute approximate surface area is 143 Å². The molecule has 3 atom stereocenters. The van der Waals surface area contributed by atoms with Gasteiger partial charge in [-0.3, -0.25) is 4.79 Å². The van der Waals surface area contributed by atoms with Gasteiger partial charge in [0.25, 0.3) is 0 Å². The summed E-state index contributed by atoms with van der Waals surface area (Å²) in [6, 6.07) is 0.00774. The maximum Gasteiger partial charge on any atom is 0.317 e. The minimum atomic E-state index is -0.567. The van der Waals surface area contributed by atoms with Crippen LogP contribution in [0.15, 0.2) is 0 Å². The molecule has 24 heavy (non-hydrogen) atoms. The van der Waals surface area contributed by atoms with Crippen LogP contribution in [0.1, 0.15) is 39.0 Å². The molecule has 0 spiro atoms. The van der Waals surface area contributed by atoms with Crippen molar-refractivity contribution in [2.45, 2.75) is 50.9 Å². The number of methoxy groups -OCH3 is 1. The number of piperidine rings is 1. The SMILES string of the molecule is COC(=O)[C@H]1CC[C@@H](NC(=O)N2CCC[C@H](C3(C)OCCO3)C2)C1. The smallest absolute Gasteiger partial charge is 0.317 e. The average Bonchev–Trinajstić information content (AvgIpc) is 3.24. The van der Waals surface area contributed by atoms with Crippen LogP contribution in [0.25, 0.3) is 0 Å². The van der Waals surface area contributed by atoms with Crippen molar-refractivity contribution in [3.63, 3.8) is 0 Å². The van der Waals surface area contributed by atoms with Gasteiger partial charge in [-0.2, -0.15) is 0 Å². The molecular weight excluding hydrogens is 312 g/mol. The molecule has 2 amide bonds. The summed E-state index contributed by atoms with van der Waals surface area (Å²) in [6.07, 6.45) is 4.23. The van der Waals surface area contributed by atoms with Gasteiger partial charge < -0.3 is 24.4 Å². The van der Waals surface area contributed by atoms with E-state index in [1.54, 1.807) is 0 Å². The van der Waals surface area contributed by atoms with Gasteiger partial charge >= 0.3 is 12.0 Å². The lowest BCUT2D eigenvalue weighted by molar-refractivity contribution is -0.189. The van der Waals surface area contributed by atoms with E-state index in [1.807, 2.05) is 11.8 Å².